The van der Waals surface area contributed by atoms with Gasteiger partial charge in [-0.1, -0.05) is 19.3 Å². The van der Waals surface area contributed by atoms with Crippen molar-refractivity contribution in [2.24, 2.45) is 0 Å². The Labute approximate surface area is 127 Å². The van der Waals surface area contributed by atoms with Gasteiger partial charge < -0.3 is 5.32 Å². The molecule has 0 aromatic carbocycles. The van der Waals surface area contributed by atoms with Crippen LogP contribution in [0.4, 0.5) is 5.82 Å². The third-order valence-electron chi connectivity index (χ3n) is 4.17. The maximum atomic E-state index is 4.77. The summed E-state index contributed by atoms with van der Waals surface area (Å²) in [5.41, 5.74) is 3.12. The van der Waals surface area contributed by atoms with E-state index < -0.39 is 0 Å². The molecule has 1 saturated carbocycles. The highest BCUT2D eigenvalue weighted by Gasteiger charge is 2.19. The number of anilines is 1. The van der Waals surface area contributed by atoms with E-state index in [0.717, 1.165) is 17.2 Å². The van der Waals surface area contributed by atoms with E-state index in [4.69, 9.17) is 4.98 Å². The van der Waals surface area contributed by atoms with E-state index in [0.29, 0.717) is 6.04 Å². The van der Waals surface area contributed by atoms with Crippen LogP contribution in [-0.4, -0.2) is 20.4 Å². The number of hydrogen-bond acceptors (Lipinski definition) is 4. The van der Waals surface area contributed by atoms with Gasteiger partial charge in [-0.2, -0.15) is 11.3 Å². The number of nitrogens with zero attached hydrogens (tertiary/aromatic N) is 3. The summed E-state index contributed by atoms with van der Waals surface area (Å²) in [5, 5.41) is 7.99. The Bertz CT molecular complexity index is 726. The van der Waals surface area contributed by atoms with Crippen molar-refractivity contribution in [1.29, 1.82) is 0 Å². The molecule has 1 N–H and O–H groups in total. The van der Waals surface area contributed by atoms with Crippen molar-refractivity contribution < 1.29 is 0 Å². The van der Waals surface area contributed by atoms with Gasteiger partial charge >= 0.3 is 0 Å². The van der Waals surface area contributed by atoms with E-state index in [1.807, 2.05) is 18.6 Å². The fraction of sp³-hybridized carbons (Fsp3) is 0.375. The standard InChI is InChI=1S/C16H18N4S/c1-2-4-13(5-3-1)18-16-15(12-6-9-21-11-12)19-14-10-17-7-8-20(14)16/h6-11,13,18H,1-5H2. The van der Waals surface area contributed by atoms with Crippen molar-refractivity contribution in [2.45, 2.75) is 38.1 Å². The van der Waals surface area contributed by atoms with Gasteiger partial charge in [-0.05, 0) is 24.3 Å². The fourth-order valence-corrected chi connectivity index (χ4v) is 3.73. The van der Waals surface area contributed by atoms with Crippen LogP contribution in [0.1, 0.15) is 32.1 Å². The highest BCUT2D eigenvalue weighted by atomic mass is 32.1. The lowest BCUT2D eigenvalue weighted by molar-refractivity contribution is 0.461. The van der Waals surface area contributed by atoms with Gasteiger partial charge in [0.15, 0.2) is 5.65 Å². The first-order valence-electron chi connectivity index (χ1n) is 7.53. The molecule has 1 aliphatic carbocycles. The Balaban J connectivity index is 1.78. The molecule has 4 nitrogen and oxygen atoms in total. The average molecular weight is 298 g/mol. The van der Waals surface area contributed by atoms with E-state index in [1.54, 1.807) is 11.3 Å². The molecule has 5 heteroatoms. The van der Waals surface area contributed by atoms with Crippen molar-refractivity contribution in [3.8, 4) is 11.3 Å². The summed E-state index contributed by atoms with van der Waals surface area (Å²) >= 11 is 1.71. The lowest BCUT2D eigenvalue weighted by Gasteiger charge is -2.24. The molecule has 0 aliphatic heterocycles. The third kappa shape index (κ3) is 2.42. The number of imidazole rings is 1. The van der Waals surface area contributed by atoms with Gasteiger partial charge in [0.2, 0.25) is 0 Å². The molecule has 0 radical (unpaired) electrons. The van der Waals surface area contributed by atoms with Crippen molar-refractivity contribution in [2.75, 3.05) is 5.32 Å². The van der Waals surface area contributed by atoms with Gasteiger partial charge in [0.05, 0.1) is 6.20 Å². The summed E-state index contributed by atoms with van der Waals surface area (Å²) in [6.07, 6.45) is 12.1. The molecule has 0 atom stereocenters. The second kappa shape index (κ2) is 5.48. The van der Waals surface area contributed by atoms with Crippen molar-refractivity contribution >= 4 is 22.8 Å². The van der Waals surface area contributed by atoms with E-state index in [2.05, 4.69) is 31.5 Å². The molecule has 0 saturated heterocycles. The summed E-state index contributed by atoms with van der Waals surface area (Å²) in [6.45, 7) is 0. The summed E-state index contributed by atoms with van der Waals surface area (Å²) < 4.78 is 2.12. The molecule has 0 unspecified atom stereocenters. The topological polar surface area (TPSA) is 42.2 Å². The van der Waals surface area contributed by atoms with Crippen molar-refractivity contribution in [1.82, 2.24) is 14.4 Å². The first kappa shape index (κ1) is 12.8. The molecule has 3 aromatic rings. The highest BCUT2D eigenvalue weighted by molar-refractivity contribution is 7.08. The van der Waals surface area contributed by atoms with E-state index >= 15 is 0 Å². The summed E-state index contributed by atoms with van der Waals surface area (Å²) in [7, 11) is 0. The lowest BCUT2D eigenvalue weighted by atomic mass is 9.95. The predicted octanol–water partition coefficient (Wildman–Crippen LogP) is 4.20. The van der Waals surface area contributed by atoms with E-state index in [-0.39, 0.29) is 0 Å². The van der Waals surface area contributed by atoms with Crippen molar-refractivity contribution in [3.63, 3.8) is 0 Å². The second-order valence-corrected chi connectivity index (χ2v) is 6.38. The zero-order valence-electron chi connectivity index (χ0n) is 11.8. The second-order valence-electron chi connectivity index (χ2n) is 5.60. The molecule has 3 heterocycles. The molecule has 0 spiro atoms. The van der Waals surface area contributed by atoms with E-state index in [1.165, 1.54) is 37.7 Å². The zero-order valence-corrected chi connectivity index (χ0v) is 12.6. The molecule has 3 aromatic heterocycles. The molecule has 4 rings (SSSR count). The highest BCUT2D eigenvalue weighted by Crippen LogP contribution is 2.32. The van der Waals surface area contributed by atoms with Crippen LogP contribution in [0.25, 0.3) is 16.9 Å². The number of fused-ring (bicyclic) bond motifs is 1. The number of aromatic nitrogens is 3. The number of nitrogens with one attached hydrogen (secondary N) is 1. The van der Waals surface area contributed by atoms with Gasteiger partial charge in [0, 0.05) is 29.4 Å². The predicted molar refractivity (Wildman–Crippen MR) is 86.8 cm³/mol. The third-order valence-corrected chi connectivity index (χ3v) is 4.85. The Morgan fingerprint density at radius 1 is 1.24 bits per heavy atom. The smallest absolute Gasteiger partial charge is 0.157 e. The quantitative estimate of drug-likeness (QED) is 0.788. The maximum Gasteiger partial charge on any atom is 0.157 e. The number of rotatable bonds is 3. The van der Waals surface area contributed by atoms with Crippen LogP contribution in [0.3, 0.4) is 0 Å². The fourth-order valence-electron chi connectivity index (χ4n) is 3.09. The van der Waals surface area contributed by atoms with Crippen molar-refractivity contribution in [3.05, 3.63) is 35.4 Å². The van der Waals surface area contributed by atoms with Gasteiger partial charge in [0.1, 0.15) is 11.5 Å². The molecule has 1 aliphatic rings. The lowest BCUT2D eigenvalue weighted by Crippen LogP contribution is -2.23. The van der Waals surface area contributed by atoms with Gasteiger partial charge in [-0.15, -0.1) is 0 Å². The Kier molecular flexibility index (Phi) is 3.35. The van der Waals surface area contributed by atoms with Crippen LogP contribution in [0, 0.1) is 0 Å². The van der Waals surface area contributed by atoms with Crippen LogP contribution in [0.15, 0.2) is 35.4 Å². The molecular weight excluding hydrogens is 280 g/mol. The Morgan fingerprint density at radius 3 is 2.95 bits per heavy atom. The van der Waals surface area contributed by atoms with Gasteiger partial charge in [-0.25, -0.2) is 4.98 Å². The van der Waals surface area contributed by atoms with Crippen LogP contribution < -0.4 is 5.32 Å². The average Bonchev–Trinajstić information content (AvgIpc) is 3.16. The minimum atomic E-state index is 0.559. The Morgan fingerprint density at radius 2 is 2.14 bits per heavy atom. The Hall–Kier alpha value is -1.88. The summed E-state index contributed by atoms with van der Waals surface area (Å²) in [4.78, 5) is 8.95. The van der Waals surface area contributed by atoms with Crippen LogP contribution in [-0.2, 0) is 0 Å². The normalized spacial score (nSPS) is 16.4. The minimum absolute atomic E-state index is 0.559. The molecular formula is C16H18N4S. The molecule has 0 bridgehead atoms. The molecule has 108 valence electrons. The first-order valence-corrected chi connectivity index (χ1v) is 8.47. The minimum Gasteiger partial charge on any atom is -0.367 e. The van der Waals surface area contributed by atoms with Crippen LogP contribution in [0.5, 0.6) is 0 Å². The van der Waals surface area contributed by atoms with Gasteiger partial charge in [0.25, 0.3) is 0 Å². The summed E-state index contributed by atoms with van der Waals surface area (Å²) in [5.74, 6) is 1.11. The molecule has 21 heavy (non-hydrogen) atoms. The largest absolute Gasteiger partial charge is 0.367 e. The number of hydrogen-bond donors (Lipinski definition) is 1. The SMILES string of the molecule is c1cn2c(NC3CCCCC3)c(-c3ccsc3)nc2cn1. The molecule has 1 fully saturated rings. The molecule has 0 amide bonds. The van der Waals surface area contributed by atoms with Gasteiger partial charge in [-0.3, -0.25) is 9.38 Å². The van der Waals surface area contributed by atoms with Crippen LogP contribution in [0.2, 0.25) is 0 Å². The number of thiophene rings is 1. The monoisotopic (exact) mass is 298 g/mol. The first-order chi connectivity index (χ1) is 10.4. The maximum absolute atomic E-state index is 4.77. The van der Waals surface area contributed by atoms with Crippen LogP contribution >= 0.6 is 11.3 Å². The van der Waals surface area contributed by atoms with E-state index in [9.17, 15) is 0 Å². The summed E-state index contributed by atoms with van der Waals surface area (Å²) in [6, 6.07) is 2.69. The zero-order chi connectivity index (χ0) is 14.1.